The molecule has 0 bridgehead atoms. The first-order valence-electron chi connectivity index (χ1n) is 8.12. The zero-order valence-corrected chi connectivity index (χ0v) is 15.7. The van der Waals surface area contributed by atoms with Crippen LogP contribution in [0.2, 0.25) is 0 Å². The Morgan fingerprint density at radius 2 is 1.74 bits per heavy atom. The Morgan fingerprint density at radius 1 is 1.07 bits per heavy atom. The number of amides is 1. The van der Waals surface area contributed by atoms with E-state index in [0.717, 1.165) is 6.08 Å². The summed E-state index contributed by atoms with van der Waals surface area (Å²) in [6.45, 7) is 3.59. The molecule has 0 aliphatic heterocycles. The summed E-state index contributed by atoms with van der Waals surface area (Å²) in [7, 11) is -3.85. The van der Waals surface area contributed by atoms with E-state index < -0.39 is 15.9 Å². The largest absolute Gasteiger partial charge is 0.294 e. The zero-order valence-electron chi connectivity index (χ0n) is 14.8. The predicted octanol–water partition coefficient (Wildman–Crippen LogP) is 2.84. The number of sulfonamides is 1. The van der Waals surface area contributed by atoms with E-state index in [0.29, 0.717) is 16.8 Å². The number of hydroxylamine groups is 1. The molecule has 2 aromatic rings. The van der Waals surface area contributed by atoms with Crippen molar-refractivity contribution < 1.29 is 23.2 Å². The van der Waals surface area contributed by atoms with E-state index in [1.807, 2.05) is 0 Å². The Kier molecular flexibility index (Phi) is 6.49. The van der Waals surface area contributed by atoms with Crippen molar-refractivity contribution in [2.45, 2.75) is 18.7 Å². The second kappa shape index (κ2) is 8.61. The fourth-order valence-electron chi connectivity index (χ4n) is 2.24. The van der Waals surface area contributed by atoms with Gasteiger partial charge in [-0.3, -0.25) is 19.5 Å². The van der Waals surface area contributed by atoms with E-state index in [4.69, 9.17) is 5.21 Å². The monoisotopic (exact) mass is 388 g/mol. The van der Waals surface area contributed by atoms with Gasteiger partial charge >= 0.3 is 0 Å². The highest BCUT2D eigenvalue weighted by Gasteiger charge is 2.15. The van der Waals surface area contributed by atoms with Gasteiger partial charge in [0.1, 0.15) is 0 Å². The molecular formula is C19H20N2O5S. The molecule has 0 unspecified atom stereocenters. The van der Waals surface area contributed by atoms with Crippen molar-refractivity contribution in [2.24, 2.45) is 5.92 Å². The molecule has 0 heterocycles. The number of Topliss-reactive ketones (excluding diaryl/α,β-unsaturated/α-hetero) is 1. The highest BCUT2D eigenvalue weighted by atomic mass is 32.2. The van der Waals surface area contributed by atoms with Gasteiger partial charge in [-0.25, -0.2) is 13.9 Å². The van der Waals surface area contributed by atoms with Crippen LogP contribution in [-0.2, 0) is 14.8 Å². The van der Waals surface area contributed by atoms with Gasteiger partial charge in [-0.2, -0.15) is 0 Å². The second-order valence-corrected chi connectivity index (χ2v) is 7.77. The van der Waals surface area contributed by atoms with Crippen LogP contribution in [0.5, 0.6) is 0 Å². The summed E-state index contributed by atoms with van der Waals surface area (Å²) in [6, 6.07) is 12.2. The topological polar surface area (TPSA) is 113 Å². The number of anilines is 1. The van der Waals surface area contributed by atoms with Crippen molar-refractivity contribution in [3.8, 4) is 0 Å². The minimum absolute atomic E-state index is 0.0105. The van der Waals surface area contributed by atoms with Gasteiger partial charge < -0.3 is 0 Å². The summed E-state index contributed by atoms with van der Waals surface area (Å²) in [6.07, 6.45) is 2.44. The summed E-state index contributed by atoms with van der Waals surface area (Å²) in [4.78, 5) is 23.0. The van der Waals surface area contributed by atoms with Crippen molar-refractivity contribution in [3.05, 3.63) is 65.7 Å². The minimum Gasteiger partial charge on any atom is -0.294 e. The Balaban J connectivity index is 2.20. The highest BCUT2D eigenvalue weighted by Crippen LogP contribution is 2.19. The lowest BCUT2D eigenvalue weighted by Crippen LogP contribution is -2.15. The molecule has 2 aromatic carbocycles. The van der Waals surface area contributed by atoms with E-state index >= 15 is 0 Å². The fourth-order valence-corrected chi connectivity index (χ4v) is 3.36. The normalized spacial score (nSPS) is 11.6. The van der Waals surface area contributed by atoms with Crippen LogP contribution in [0.25, 0.3) is 6.08 Å². The average Bonchev–Trinajstić information content (AvgIpc) is 2.66. The maximum atomic E-state index is 12.6. The van der Waals surface area contributed by atoms with Crippen LogP contribution >= 0.6 is 0 Å². The Morgan fingerprint density at radius 3 is 2.33 bits per heavy atom. The summed E-state index contributed by atoms with van der Waals surface area (Å²) in [5, 5.41) is 8.47. The smallest absolute Gasteiger partial charge is 0.267 e. The van der Waals surface area contributed by atoms with E-state index in [9.17, 15) is 18.0 Å². The van der Waals surface area contributed by atoms with Crippen LogP contribution in [0.3, 0.4) is 0 Å². The third-order valence-electron chi connectivity index (χ3n) is 3.65. The zero-order chi connectivity index (χ0) is 20.0. The molecule has 8 heteroatoms. The van der Waals surface area contributed by atoms with Crippen molar-refractivity contribution in [3.63, 3.8) is 0 Å². The third kappa shape index (κ3) is 5.50. The molecule has 0 spiro atoms. The number of hydrogen-bond acceptors (Lipinski definition) is 5. The first kappa shape index (κ1) is 20.3. The Bertz CT molecular complexity index is 964. The number of carbonyl (C=O) groups is 2. The van der Waals surface area contributed by atoms with Crippen LogP contribution in [0.15, 0.2) is 59.5 Å². The van der Waals surface area contributed by atoms with Crippen LogP contribution < -0.4 is 10.2 Å². The summed E-state index contributed by atoms with van der Waals surface area (Å²) >= 11 is 0. The molecule has 0 aliphatic rings. The van der Waals surface area contributed by atoms with Crippen LogP contribution in [-0.4, -0.2) is 25.3 Å². The van der Waals surface area contributed by atoms with Crippen LogP contribution in [0.4, 0.5) is 5.69 Å². The number of nitrogens with one attached hydrogen (secondary N) is 2. The summed E-state index contributed by atoms with van der Waals surface area (Å²) < 4.78 is 27.6. The molecule has 3 N–H and O–H groups in total. The molecule has 0 aliphatic carbocycles. The number of benzene rings is 2. The van der Waals surface area contributed by atoms with E-state index in [1.54, 1.807) is 32.0 Å². The lowest BCUT2D eigenvalue weighted by molar-refractivity contribution is -0.124. The van der Waals surface area contributed by atoms with E-state index in [2.05, 4.69) is 4.72 Å². The van der Waals surface area contributed by atoms with Crippen molar-refractivity contribution >= 4 is 33.5 Å². The Labute approximate surface area is 157 Å². The molecule has 0 atom stereocenters. The second-order valence-electron chi connectivity index (χ2n) is 6.08. The standard InChI is InChI=1S/C19H20N2O5S/c1-13(2)19(23)15-7-9-16(10-8-15)21-27(25,26)17-5-3-4-14(12-17)6-11-18(22)20-24/h3-13,21,24H,1-2H3,(H,20,22)/b11-6+. The van der Waals surface area contributed by atoms with Gasteiger partial charge in [-0.05, 0) is 48.0 Å². The summed E-state index contributed by atoms with van der Waals surface area (Å²) in [5.41, 5.74) is 2.77. The highest BCUT2D eigenvalue weighted by molar-refractivity contribution is 7.92. The maximum Gasteiger partial charge on any atom is 0.267 e. The van der Waals surface area contributed by atoms with Crippen molar-refractivity contribution in [1.82, 2.24) is 5.48 Å². The van der Waals surface area contributed by atoms with Crippen LogP contribution in [0.1, 0.15) is 29.8 Å². The van der Waals surface area contributed by atoms with Gasteiger partial charge in [0.25, 0.3) is 15.9 Å². The molecule has 0 fully saturated rings. The summed E-state index contributed by atoms with van der Waals surface area (Å²) in [5.74, 6) is -0.885. The molecule has 0 saturated carbocycles. The molecule has 7 nitrogen and oxygen atoms in total. The predicted molar refractivity (Wildman–Crippen MR) is 102 cm³/mol. The van der Waals surface area contributed by atoms with Crippen molar-refractivity contribution in [2.75, 3.05) is 4.72 Å². The Hall–Kier alpha value is -2.97. The lowest BCUT2D eigenvalue weighted by Gasteiger charge is -2.10. The molecule has 1 amide bonds. The third-order valence-corrected chi connectivity index (χ3v) is 5.03. The van der Waals surface area contributed by atoms with Gasteiger partial charge in [0, 0.05) is 23.2 Å². The number of carbonyl (C=O) groups excluding carboxylic acids is 2. The SMILES string of the molecule is CC(C)C(=O)c1ccc(NS(=O)(=O)c2cccc(/C=C/C(=O)NO)c2)cc1. The maximum absolute atomic E-state index is 12.6. The van der Waals surface area contributed by atoms with Crippen LogP contribution in [0, 0.1) is 5.92 Å². The molecular weight excluding hydrogens is 368 g/mol. The van der Waals surface area contributed by atoms with Gasteiger partial charge in [0.05, 0.1) is 4.90 Å². The molecule has 27 heavy (non-hydrogen) atoms. The molecule has 0 aromatic heterocycles. The number of ketones is 1. The molecule has 0 saturated heterocycles. The van der Waals surface area contributed by atoms with Gasteiger partial charge in [-0.1, -0.05) is 26.0 Å². The first-order chi connectivity index (χ1) is 12.7. The average molecular weight is 388 g/mol. The van der Waals surface area contributed by atoms with Gasteiger partial charge in [0.15, 0.2) is 5.78 Å². The first-order valence-corrected chi connectivity index (χ1v) is 9.60. The van der Waals surface area contributed by atoms with E-state index in [1.165, 1.54) is 41.9 Å². The van der Waals surface area contributed by atoms with Gasteiger partial charge in [-0.15, -0.1) is 0 Å². The fraction of sp³-hybridized carbons (Fsp3) is 0.158. The quantitative estimate of drug-likeness (QED) is 0.292. The molecule has 0 radical (unpaired) electrons. The molecule has 2 rings (SSSR count). The number of hydrogen-bond donors (Lipinski definition) is 3. The van der Waals surface area contributed by atoms with Gasteiger partial charge in [0.2, 0.25) is 0 Å². The molecule has 142 valence electrons. The lowest BCUT2D eigenvalue weighted by atomic mass is 10.0. The van der Waals surface area contributed by atoms with Crippen molar-refractivity contribution in [1.29, 1.82) is 0 Å². The number of rotatable bonds is 7. The minimum atomic E-state index is -3.85. The van der Waals surface area contributed by atoms with E-state index in [-0.39, 0.29) is 16.6 Å².